The van der Waals surface area contributed by atoms with Gasteiger partial charge in [-0.3, -0.25) is 9.59 Å². The predicted octanol–water partition coefficient (Wildman–Crippen LogP) is 0.526. The summed E-state index contributed by atoms with van der Waals surface area (Å²) in [6, 6.07) is 0. The molecule has 0 aromatic carbocycles. The summed E-state index contributed by atoms with van der Waals surface area (Å²) in [5, 5.41) is 8.27. The number of hydrogen-bond acceptors (Lipinski definition) is 5. The number of nitrogens with zero attached hydrogens (tertiary/aromatic N) is 3. The summed E-state index contributed by atoms with van der Waals surface area (Å²) in [6.07, 6.45) is 2.01. The van der Waals surface area contributed by atoms with Gasteiger partial charge in [-0.25, -0.2) is 0 Å². The van der Waals surface area contributed by atoms with Gasteiger partial charge in [-0.15, -0.1) is 5.10 Å². The average molecular weight is 268 g/mol. The van der Waals surface area contributed by atoms with E-state index in [0.29, 0.717) is 24.7 Å². The highest BCUT2D eigenvalue weighted by molar-refractivity contribution is 7.03. The van der Waals surface area contributed by atoms with Crippen LogP contribution in [-0.2, 0) is 4.79 Å². The Balaban J connectivity index is 1.90. The SMILES string of the molecule is CC(=O)NCC1CCCN(C(=O)c2csnn2)C1. The molecule has 1 unspecified atom stereocenters. The first-order valence-corrected chi connectivity index (χ1v) is 6.81. The zero-order chi connectivity index (χ0) is 13.0. The van der Waals surface area contributed by atoms with Crippen LogP contribution in [0, 0.1) is 5.92 Å². The van der Waals surface area contributed by atoms with Gasteiger partial charge < -0.3 is 10.2 Å². The van der Waals surface area contributed by atoms with Crippen LogP contribution in [0.1, 0.15) is 30.3 Å². The zero-order valence-electron chi connectivity index (χ0n) is 10.3. The molecule has 2 rings (SSSR count). The first kappa shape index (κ1) is 12.9. The van der Waals surface area contributed by atoms with Crippen molar-refractivity contribution in [3.63, 3.8) is 0 Å². The highest BCUT2D eigenvalue weighted by Gasteiger charge is 2.25. The lowest BCUT2D eigenvalue weighted by Crippen LogP contribution is -2.43. The lowest BCUT2D eigenvalue weighted by atomic mass is 9.98. The second-order valence-corrected chi connectivity index (χ2v) is 5.10. The molecule has 1 saturated heterocycles. The van der Waals surface area contributed by atoms with Gasteiger partial charge in [-0.05, 0) is 30.3 Å². The van der Waals surface area contributed by atoms with E-state index in [1.807, 2.05) is 0 Å². The molecule has 1 aliphatic rings. The molecule has 6 nitrogen and oxygen atoms in total. The molecule has 0 aliphatic carbocycles. The molecule has 0 radical (unpaired) electrons. The van der Waals surface area contributed by atoms with Crippen molar-refractivity contribution >= 4 is 23.3 Å². The molecule has 1 aromatic heterocycles. The third-order valence-corrected chi connectivity index (χ3v) is 3.53. The van der Waals surface area contributed by atoms with Crippen LogP contribution in [0.25, 0.3) is 0 Å². The second-order valence-electron chi connectivity index (χ2n) is 4.49. The smallest absolute Gasteiger partial charge is 0.275 e. The second kappa shape index (κ2) is 5.90. The van der Waals surface area contributed by atoms with E-state index in [1.54, 1.807) is 10.3 Å². The van der Waals surface area contributed by atoms with Crippen LogP contribution in [0.4, 0.5) is 0 Å². The Bertz CT molecular complexity index is 421. The average Bonchev–Trinajstić information content (AvgIpc) is 2.89. The fourth-order valence-electron chi connectivity index (χ4n) is 2.12. The molecule has 0 bridgehead atoms. The number of carbonyl (C=O) groups excluding carboxylic acids is 2. The highest BCUT2D eigenvalue weighted by Crippen LogP contribution is 2.17. The number of amides is 2. The van der Waals surface area contributed by atoms with Crippen LogP contribution in [-0.4, -0.2) is 45.9 Å². The first-order chi connectivity index (χ1) is 8.66. The van der Waals surface area contributed by atoms with Crippen molar-refractivity contribution in [1.29, 1.82) is 0 Å². The number of aromatic nitrogens is 2. The minimum atomic E-state index is -0.0590. The van der Waals surface area contributed by atoms with Gasteiger partial charge in [-0.2, -0.15) is 0 Å². The molecule has 1 atom stereocenters. The Labute approximate surface area is 110 Å². The van der Waals surface area contributed by atoms with Crippen molar-refractivity contribution in [3.05, 3.63) is 11.1 Å². The van der Waals surface area contributed by atoms with Gasteiger partial charge in [0, 0.05) is 31.9 Å². The Kier molecular flexibility index (Phi) is 4.24. The van der Waals surface area contributed by atoms with E-state index in [-0.39, 0.29) is 11.8 Å². The minimum Gasteiger partial charge on any atom is -0.356 e. The zero-order valence-corrected chi connectivity index (χ0v) is 11.1. The van der Waals surface area contributed by atoms with Crippen molar-refractivity contribution in [2.24, 2.45) is 5.92 Å². The minimum absolute atomic E-state index is 0.0258. The van der Waals surface area contributed by atoms with Gasteiger partial charge in [0.25, 0.3) is 5.91 Å². The van der Waals surface area contributed by atoms with E-state index in [0.717, 1.165) is 19.4 Å². The lowest BCUT2D eigenvalue weighted by Gasteiger charge is -2.32. The molecule has 2 amide bonds. The molecule has 1 aliphatic heterocycles. The van der Waals surface area contributed by atoms with E-state index in [9.17, 15) is 9.59 Å². The molecule has 7 heteroatoms. The number of piperidine rings is 1. The molecule has 0 spiro atoms. The first-order valence-electron chi connectivity index (χ1n) is 5.97. The molecular weight excluding hydrogens is 252 g/mol. The standard InChI is InChI=1S/C11H16N4O2S/c1-8(16)12-5-9-3-2-4-15(6-9)11(17)10-7-18-14-13-10/h7,9H,2-6H2,1H3,(H,12,16). The predicted molar refractivity (Wildman–Crippen MR) is 67.2 cm³/mol. The Morgan fingerprint density at radius 2 is 2.44 bits per heavy atom. The molecule has 2 heterocycles. The maximum atomic E-state index is 12.1. The number of likely N-dealkylation sites (tertiary alicyclic amines) is 1. The van der Waals surface area contributed by atoms with Crippen LogP contribution in [0.3, 0.4) is 0 Å². The van der Waals surface area contributed by atoms with E-state index in [1.165, 1.54) is 18.5 Å². The van der Waals surface area contributed by atoms with Gasteiger partial charge >= 0.3 is 0 Å². The van der Waals surface area contributed by atoms with E-state index >= 15 is 0 Å². The molecule has 1 N–H and O–H groups in total. The molecule has 0 saturated carbocycles. The van der Waals surface area contributed by atoms with Crippen LogP contribution in [0.5, 0.6) is 0 Å². The molecule has 18 heavy (non-hydrogen) atoms. The van der Waals surface area contributed by atoms with Gasteiger partial charge in [0.05, 0.1) is 0 Å². The van der Waals surface area contributed by atoms with Gasteiger partial charge in [0.15, 0.2) is 5.69 Å². The third kappa shape index (κ3) is 3.25. The summed E-state index contributed by atoms with van der Waals surface area (Å²) >= 11 is 1.18. The number of rotatable bonds is 3. The third-order valence-electron chi connectivity index (χ3n) is 3.03. The topological polar surface area (TPSA) is 75.2 Å². The van der Waals surface area contributed by atoms with Crippen LogP contribution in [0.15, 0.2) is 5.38 Å². The van der Waals surface area contributed by atoms with Crippen molar-refractivity contribution in [3.8, 4) is 0 Å². The van der Waals surface area contributed by atoms with E-state index < -0.39 is 0 Å². The Morgan fingerprint density at radius 3 is 3.11 bits per heavy atom. The summed E-state index contributed by atoms with van der Waals surface area (Å²) in [6.45, 7) is 3.57. The molecular formula is C11H16N4O2S. The van der Waals surface area contributed by atoms with E-state index in [4.69, 9.17) is 0 Å². The maximum absolute atomic E-state index is 12.1. The lowest BCUT2D eigenvalue weighted by molar-refractivity contribution is -0.119. The quantitative estimate of drug-likeness (QED) is 0.867. The fourth-order valence-corrected chi connectivity index (χ4v) is 2.55. The van der Waals surface area contributed by atoms with Gasteiger partial charge in [-0.1, -0.05) is 4.49 Å². The van der Waals surface area contributed by atoms with Gasteiger partial charge in [0.2, 0.25) is 5.91 Å². The maximum Gasteiger partial charge on any atom is 0.275 e. The van der Waals surface area contributed by atoms with Crippen molar-refractivity contribution in [1.82, 2.24) is 19.8 Å². The number of carbonyl (C=O) groups is 2. The Hall–Kier alpha value is -1.50. The van der Waals surface area contributed by atoms with Crippen LogP contribution < -0.4 is 5.32 Å². The molecule has 98 valence electrons. The van der Waals surface area contributed by atoms with Crippen molar-refractivity contribution in [2.75, 3.05) is 19.6 Å². The number of hydrogen-bond donors (Lipinski definition) is 1. The monoisotopic (exact) mass is 268 g/mol. The summed E-state index contributed by atoms with van der Waals surface area (Å²) < 4.78 is 3.70. The normalized spacial score (nSPS) is 19.6. The van der Waals surface area contributed by atoms with Crippen LogP contribution in [0.2, 0.25) is 0 Å². The molecule has 1 fully saturated rings. The highest BCUT2D eigenvalue weighted by atomic mass is 32.1. The van der Waals surface area contributed by atoms with E-state index in [2.05, 4.69) is 14.9 Å². The van der Waals surface area contributed by atoms with Gasteiger partial charge in [0.1, 0.15) is 0 Å². The summed E-state index contributed by atoms with van der Waals surface area (Å²) in [4.78, 5) is 24.8. The molecule has 1 aromatic rings. The summed E-state index contributed by atoms with van der Waals surface area (Å²) in [5.41, 5.74) is 0.417. The summed E-state index contributed by atoms with van der Waals surface area (Å²) in [7, 11) is 0. The Morgan fingerprint density at radius 1 is 1.61 bits per heavy atom. The largest absolute Gasteiger partial charge is 0.356 e. The summed E-state index contributed by atoms with van der Waals surface area (Å²) in [5.74, 6) is 0.247. The van der Waals surface area contributed by atoms with Crippen molar-refractivity contribution < 1.29 is 9.59 Å². The number of nitrogens with one attached hydrogen (secondary N) is 1. The fraction of sp³-hybridized carbons (Fsp3) is 0.636. The van der Waals surface area contributed by atoms with Crippen molar-refractivity contribution in [2.45, 2.75) is 19.8 Å². The van der Waals surface area contributed by atoms with Crippen LogP contribution >= 0.6 is 11.5 Å².